The number of benzene rings is 6. The molecule has 47 heavy (non-hydrogen) atoms. The van der Waals surface area contributed by atoms with Gasteiger partial charge in [-0.1, -0.05) is 111 Å². The van der Waals surface area contributed by atoms with Crippen LogP contribution in [0.2, 0.25) is 0 Å². The standard InChI is InChI=1S/C44H33N3/c1-44(2)39-28-33(46(43-18-10-11-27-45-43)32-21-19-31(20-22-32)30-12-4-3-5-13-30)23-25-35(39)36-26-24-34(29-40(36)44)47-41-16-8-6-14-37(41)38-15-7-9-17-42(38)47/h3-29H,1-2H3. The number of anilines is 3. The summed E-state index contributed by atoms with van der Waals surface area (Å²) in [6.07, 6.45) is 1.87. The Morgan fingerprint density at radius 3 is 1.77 bits per heavy atom. The summed E-state index contributed by atoms with van der Waals surface area (Å²) in [5.41, 5.74) is 13.3. The molecule has 0 N–H and O–H groups in total. The van der Waals surface area contributed by atoms with E-state index in [0.717, 1.165) is 17.2 Å². The number of nitrogens with zero attached hydrogens (tertiary/aromatic N) is 3. The van der Waals surface area contributed by atoms with E-state index in [-0.39, 0.29) is 5.41 Å². The van der Waals surface area contributed by atoms with E-state index in [4.69, 9.17) is 4.98 Å². The van der Waals surface area contributed by atoms with Crippen molar-refractivity contribution in [2.75, 3.05) is 4.90 Å². The zero-order valence-corrected chi connectivity index (χ0v) is 26.4. The number of pyridine rings is 1. The van der Waals surface area contributed by atoms with E-state index in [1.807, 2.05) is 12.3 Å². The van der Waals surface area contributed by atoms with Gasteiger partial charge in [-0.3, -0.25) is 4.90 Å². The second-order valence-electron chi connectivity index (χ2n) is 12.9. The molecule has 3 nitrogen and oxygen atoms in total. The lowest BCUT2D eigenvalue weighted by Gasteiger charge is -2.27. The first-order chi connectivity index (χ1) is 23.1. The minimum atomic E-state index is -0.192. The van der Waals surface area contributed by atoms with Gasteiger partial charge in [0.1, 0.15) is 5.82 Å². The predicted molar refractivity (Wildman–Crippen MR) is 196 cm³/mol. The highest BCUT2D eigenvalue weighted by atomic mass is 15.2. The third-order valence-corrected chi connectivity index (χ3v) is 9.85. The molecule has 8 aromatic rings. The number of fused-ring (bicyclic) bond motifs is 6. The summed E-state index contributed by atoms with van der Waals surface area (Å²) < 4.78 is 2.41. The van der Waals surface area contributed by atoms with Crippen LogP contribution in [-0.2, 0) is 5.41 Å². The Morgan fingerprint density at radius 1 is 0.511 bits per heavy atom. The molecule has 224 valence electrons. The number of aromatic nitrogens is 2. The first kappa shape index (κ1) is 27.4. The molecule has 0 bridgehead atoms. The number of hydrogen-bond acceptors (Lipinski definition) is 2. The average molecular weight is 604 g/mol. The molecule has 1 aliphatic rings. The van der Waals surface area contributed by atoms with Crippen LogP contribution in [0.4, 0.5) is 17.2 Å². The smallest absolute Gasteiger partial charge is 0.137 e. The molecular formula is C44H33N3. The highest BCUT2D eigenvalue weighted by Gasteiger charge is 2.36. The molecule has 0 radical (unpaired) electrons. The Balaban J connectivity index is 1.15. The molecule has 0 amide bonds. The van der Waals surface area contributed by atoms with Gasteiger partial charge in [0.2, 0.25) is 0 Å². The highest BCUT2D eigenvalue weighted by molar-refractivity contribution is 6.09. The fourth-order valence-corrected chi connectivity index (χ4v) is 7.53. The second-order valence-corrected chi connectivity index (χ2v) is 12.9. The molecule has 0 atom stereocenters. The summed E-state index contributed by atoms with van der Waals surface area (Å²) in [7, 11) is 0. The van der Waals surface area contributed by atoms with E-state index < -0.39 is 0 Å². The lowest BCUT2D eigenvalue weighted by Crippen LogP contribution is -2.17. The summed E-state index contributed by atoms with van der Waals surface area (Å²) in [4.78, 5) is 7.06. The van der Waals surface area contributed by atoms with Gasteiger partial charge >= 0.3 is 0 Å². The van der Waals surface area contributed by atoms with Crippen molar-refractivity contribution in [1.29, 1.82) is 0 Å². The average Bonchev–Trinajstić information content (AvgIpc) is 3.58. The third kappa shape index (κ3) is 4.31. The van der Waals surface area contributed by atoms with E-state index in [1.54, 1.807) is 0 Å². The van der Waals surface area contributed by atoms with Crippen LogP contribution in [0, 0.1) is 0 Å². The minimum absolute atomic E-state index is 0.192. The van der Waals surface area contributed by atoms with Crippen LogP contribution in [0.1, 0.15) is 25.0 Å². The van der Waals surface area contributed by atoms with Gasteiger partial charge in [0.05, 0.1) is 11.0 Å². The van der Waals surface area contributed by atoms with Crippen molar-refractivity contribution in [2.45, 2.75) is 19.3 Å². The topological polar surface area (TPSA) is 21.1 Å². The van der Waals surface area contributed by atoms with Crippen LogP contribution in [0.3, 0.4) is 0 Å². The largest absolute Gasteiger partial charge is 0.309 e. The van der Waals surface area contributed by atoms with Crippen LogP contribution in [0.5, 0.6) is 0 Å². The number of hydrogen-bond donors (Lipinski definition) is 0. The van der Waals surface area contributed by atoms with Gasteiger partial charge < -0.3 is 4.57 Å². The summed E-state index contributed by atoms with van der Waals surface area (Å²) in [6, 6.07) is 56.8. The maximum absolute atomic E-state index is 4.79. The lowest BCUT2D eigenvalue weighted by molar-refractivity contribution is 0.660. The van der Waals surface area contributed by atoms with Crippen LogP contribution in [0.15, 0.2) is 164 Å². The van der Waals surface area contributed by atoms with Gasteiger partial charge in [-0.15, -0.1) is 0 Å². The summed E-state index contributed by atoms with van der Waals surface area (Å²) in [6.45, 7) is 4.72. The highest BCUT2D eigenvalue weighted by Crippen LogP contribution is 2.51. The predicted octanol–water partition coefficient (Wildman–Crippen LogP) is 11.6. The number of para-hydroxylation sites is 2. The Kier molecular flexibility index (Phi) is 6.16. The summed E-state index contributed by atoms with van der Waals surface area (Å²) >= 11 is 0. The molecule has 0 unspecified atom stereocenters. The minimum Gasteiger partial charge on any atom is -0.309 e. The normalized spacial score (nSPS) is 13.1. The molecular weight excluding hydrogens is 571 g/mol. The van der Waals surface area contributed by atoms with Crippen molar-refractivity contribution >= 4 is 39.0 Å². The van der Waals surface area contributed by atoms with Crippen molar-refractivity contribution in [3.05, 3.63) is 175 Å². The van der Waals surface area contributed by atoms with Gasteiger partial charge in [0, 0.05) is 39.4 Å². The van der Waals surface area contributed by atoms with Crippen molar-refractivity contribution in [1.82, 2.24) is 9.55 Å². The first-order valence-corrected chi connectivity index (χ1v) is 16.2. The quantitative estimate of drug-likeness (QED) is 0.195. The maximum Gasteiger partial charge on any atom is 0.137 e. The zero-order chi connectivity index (χ0) is 31.5. The second kappa shape index (κ2) is 10.6. The number of rotatable bonds is 5. The Labute approximate surface area is 275 Å². The van der Waals surface area contributed by atoms with Crippen LogP contribution in [-0.4, -0.2) is 9.55 Å². The molecule has 0 fully saturated rings. The third-order valence-electron chi connectivity index (χ3n) is 9.85. The first-order valence-electron chi connectivity index (χ1n) is 16.2. The van der Waals surface area contributed by atoms with E-state index >= 15 is 0 Å². The van der Waals surface area contributed by atoms with E-state index in [9.17, 15) is 0 Å². The lowest BCUT2D eigenvalue weighted by atomic mass is 9.82. The fraction of sp³-hybridized carbons (Fsp3) is 0.0682. The maximum atomic E-state index is 4.79. The molecule has 9 rings (SSSR count). The van der Waals surface area contributed by atoms with Crippen molar-refractivity contribution in [2.24, 2.45) is 0 Å². The van der Waals surface area contributed by atoms with Gasteiger partial charge in [-0.05, 0) is 94.0 Å². The molecule has 0 saturated heterocycles. The molecule has 2 aromatic heterocycles. The van der Waals surface area contributed by atoms with Gasteiger partial charge in [-0.25, -0.2) is 4.98 Å². The van der Waals surface area contributed by atoms with Crippen molar-refractivity contribution in [3.8, 4) is 27.9 Å². The van der Waals surface area contributed by atoms with Gasteiger partial charge in [-0.2, -0.15) is 0 Å². The molecule has 0 aliphatic heterocycles. The SMILES string of the molecule is CC1(C)c2cc(N(c3ccc(-c4ccccc4)cc3)c3ccccn3)ccc2-c2ccc(-n3c4ccccc4c4ccccc43)cc21. The molecule has 3 heteroatoms. The van der Waals surface area contributed by atoms with Gasteiger partial charge in [0.25, 0.3) is 0 Å². The molecule has 2 heterocycles. The Hall–Kier alpha value is -5.93. The Bertz CT molecular complexity index is 2370. The van der Waals surface area contributed by atoms with E-state index in [0.29, 0.717) is 0 Å². The van der Waals surface area contributed by atoms with Crippen LogP contribution >= 0.6 is 0 Å². The monoisotopic (exact) mass is 603 g/mol. The van der Waals surface area contributed by atoms with Gasteiger partial charge in [0.15, 0.2) is 0 Å². The molecule has 0 spiro atoms. The molecule has 0 saturated carbocycles. The summed E-state index contributed by atoms with van der Waals surface area (Å²) in [5.74, 6) is 0.891. The molecule has 1 aliphatic carbocycles. The van der Waals surface area contributed by atoms with Crippen LogP contribution < -0.4 is 4.90 Å². The van der Waals surface area contributed by atoms with Crippen LogP contribution in [0.25, 0.3) is 49.7 Å². The van der Waals surface area contributed by atoms with Crippen molar-refractivity contribution < 1.29 is 0 Å². The fourth-order valence-electron chi connectivity index (χ4n) is 7.53. The Morgan fingerprint density at radius 2 is 1.09 bits per heavy atom. The summed E-state index contributed by atoms with van der Waals surface area (Å²) in [5, 5.41) is 2.56. The molecule has 6 aromatic carbocycles. The van der Waals surface area contributed by atoms with Crippen molar-refractivity contribution in [3.63, 3.8) is 0 Å². The van der Waals surface area contributed by atoms with E-state index in [1.165, 1.54) is 60.9 Å². The van der Waals surface area contributed by atoms with E-state index in [2.05, 4.69) is 175 Å². The zero-order valence-electron chi connectivity index (χ0n) is 26.4.